The molecule has 0 saturated heterocycles. The number of hydrogen-bond acceptors (Lipinski definition) is 7. The molecule has 28 heavy (non-hydrogen) atoms. The van der Waals surface area contributed by atoms with Crippen molar-refractivity contribution in [1.82, 2.24) is 15.2 Å². The van der Waals surface area contributed by atoms with Crippen molar-refractivity contribution in [3.63, 3.8) is 0 Å². The van der Waals surface area contributed by atoms with Crippen LogP contribution in [0.15, 0.2) is 63.6 Å². The fourth-order valence-electron chi connectivity index (χ4n) is 2.77. The van der Waals surface area contributed by atoms with Gasteiger partial charge in [0.25, 0.3) is 5.22 Å². The van der Waals surface area contributed by atoms with Crippen molar-refractivity contribution in [2.45, 2.75) is 24.3 Å². The van der Waals surface area contributed by atoms with E-state index in [2.05, 4.69) is 33.4 Å². The van der Waals surface area contributed by atoms with Crippen LogP contribution in [0.4, 0.5) is 0 Å². The van der Waals surface area contributed by atoms with Crippen LogP contribution < -0.4 is 0 Å². The summed E-state index contributed by atoms with van der Waals surface area (Å²) < 4.78 is 5.71. The molecule has 0 fully saturated rings. The predicted octanol–water partition coefficient (Wildman–Crippen LogP) is 5.26. The maximum atomic E-state index is 9.26. The average Bonchev–Trinajstić information content (AvgIpc) is 3.35. The summed E-state index contributed by atoms with van der Waals surface area (Å²) in [7, 11) is 0. The van der Waals surface area contributed by atoms with Gasteiger partial charge < -0.3 is 4.42 Å². The van der Waals surface area contributed by atoms with E-state index >= 15 is 0 Å². The fraction of sp³-hybridized carbons (Fsp3) is 0.143. The second-order valence-corrected chi connectivity index (χ2v) is 8.13. The van der Waals surface area contributed by atoms with Gasteiger partial charge in [0.2, 0.25) is 5.89 Å². The molecule has 0 bridgehead atoms. The highest BCUT2D eigenvalue weighted by Gasteiger charge is 2.10. The predicted molar refractivity (Wildman–Crippen MR) is 110 cm³/mol. The average molecular weight is 405 g/mol. The van der Waals surface area contributed by atoms with E-state index in [0.29, 0.717) is 23.1 Å². The normalized spacial score (nSPS) is 10.7. The highest BCUT2D eigenvalue weighted by molar-refractivity contribution is 7.98. The number of thiazole rings is 1. The van der Waals surface area contributed by atoms with Crippen molar-refractivity contribution < 1.29 is 4.42 Å². The molecule has 2 aromatic heterocycles. The Labute approximate surface area is 171 Å². The first-order valence-corrected chi connectivity index (χ1v) is 10.5. The number of benzene rings is 2. The molecule has 0 saturated carbocycles. The van der Waals surface area contributed by atoms with Crippen LogP contribution in [-0.2, 0) is 12.2 Å². The van der Waals surface area contributed by atoms with E-state index < -0.39 is 0 Å². The first-order valence-electron chi connectivity index (χ1n) is 8.66. The molecule has 0 aliphatic heterocycles. The van der Waals surface area contributed by atoms with Crippen LogP contribution in [0.3, 0.4) is 0 Å². The lowest BCUT2D eigenvalue weighted by atomic mass is 10.00. The Morgan fingerprint density at radius 2 is 1.93 bits per heavy atom. The second-order valence-electron chi connectivity index (χ2n) is 6.14. The summed E-state index contributed by atoms with van der Waals surface area (Å²) in [5, 5.41) is 21.1. The minimum atomic E-state index is 0.556. The summed E-state index contributed by atoms with van der Waals surface area (Å²) in [5.41, 5.74) is 4.76. The Morgan fingerprint density at radius 3 is 2.68 bits per heavy atom. The summed E-state index contributed by atoms with van der Waals surface area (Å²) in [6, 6.07) is 18.1. The molecule has 0 radical (unpaired) electrons. The van der Waals surface area contributed by atoms with E-state index in [1.807, 2.05) is 48.7 Å². The van der Waals surface area contributed by atoms with Crippen LogP contribution >= 0.6 is 23.1 Å². The summed E-state index contributed by atoms with van der Waals surface area (Å²) >= 11 is 3.12. The number of hydrogen-bond donors (Lipinski definition) is 0. The van der Waals surface area contributed by atoms with E-state index in [9.17, 15) is 5.26 Å². The summed E-state index contributed by atoms with van der Waals surface area (Å²) in [6.07, 6.45) is 0.560. The molecular formula is C21H16N4OS2. The minimum absolute atomic E-state index is 0.556. The molecule has 0 amide bonds. The molecule has 7 heteroatoms. The smallest absolute Gasteiger partial charge is 0.276 e. The van der Waals surface area contributed by atoms with Crippen molar-refractivity contribution in [2.24, 2.45) is 0 Å². The van der Waals surface area contributed by atoms with Crippen LogP contribution in [0, 0.1) is 18.3 Å². The van der Waals surface area contributed by atoms with E-state index in [-0.39, 0.29) is 0 Å². The van der Waals surface area contributed by atoms with Gasteiger partial charge in [0, 0.05) is 11.1 Å². The van der Waals surface area contributed by atoms with Crippen LogP contribution in [-0.4, -0.2) is 15.2 Å². The lowest BCUT2D eigenvalue weighted by Gasteiger charge is -2.05. The molecule has 4 aromatic rings. The lowest BCUT2D eigenvalue weighted by Crippen LogP contribution is -1.88. The molecule has 0 aliphatic carbocycles. The van der Waals surface area contributed by atoms with Gasteiger partial charge in [-0.15, -0.1) is 21.5 Å². The van der Waals surface area contributed by atoms with E-state index in [1.54, 1.807) is 11.3 Å². The third-order valence-electron chi connectivity index (χ3n) is 4.12. The number of rotatable bonds is 6. The zero-order valence-corrected chi connectivity index (χ0v) is 16.8. The van der Waals surface area contributed by atoms with Gasteiger partial charge >= 0.3 is 0 Å². The monoisotopic (exact) mass is 404 g/mol. The van der Waals surface area contributed by atoms with Gasteiger partial charge in [-0.3, -0.25) is 0 Å². The van der Waals surface area contributed by atoms with Gasteiger partial charge in [-0.05, 0) is 29.7 Å². The van der Waals surface area contributed by atoms with Crippen LogP contribution in [0.1, 0.15) is 27.7 Å². The van der Waals surface area contributed by atoms with E-state index in [0.717, 1.165) is 33.1 Å². The molecule has 4 rings (SSSR count). The molecule has 2 aromatic carbocycles. The maximum absolute atomic E-state index is 9.26. The Kier molecular flexibility index (Phi) is 5.51. The molecule has 2 heterocycles. The Hall–Kier alpha value is -2.95. The zero-order chi connectivity index (χ0) is 19.3. The summed E-state index contributed by atoms with van der Waals surface area (Å²) in [6.45, 7) is 1.98. The number of nitrogens with zero attached hydrogens (tertiary/aromatic N) is 4. The first-order chi connectivity index (χ1) is 13.7. The van der Waals surface area contributed by atoms with Crippen LogP contribution in [0.25, 0.3) is 11.1 Å². The van der Waals surface area contributed by atoms with Gasteiger partial charge in [0.05, 0.1) is 28.8 Å². The van der Waals surface area contributed by atoms with Crippen molar-refractivity contribution in [1.29, 1.82) is 5.26 Å². The quantitative estimate of drug-likeness (QED) is 0.408. The Morgan fingerprint density at radius 1 is 1.11 bits per heavy atom. The zero-order valence-electron chi connectivity index (χ0n) is 15.1. The first kappa shape index (κ1) is 18.4. The summed E-state index contributed by atoms with van der Waals surface area (Å²) in [5.74, 6) is 1.31. The molecule has 0 spiro atoms. The fourth-order valence-corrected chi connectivity index (χ4v) is 4.12. The second kappa shape index (κ2) is 8.38. The van der Waals surface area contributed by atoms with E-state index in [1.165, 1.54) is 11.8 Å². The third-order valence-corrected chi connectivity index (χ3v) is 5.83. The van der Waals surface area contributed by atoms with Gasteiger partial charge in [0.1, 0.15) is 0 Å². The molecule has 0 atom stereocenters. The molecule has 0 aliphatic rings. The van der Waals surface area contributed by atoms with Crippen molar-refractivity contribution in [2.75, 3.05) is 0 Å². The maximum Gasteiger partial charge on any atom is 0.276 e. The molecule has 0 unspecified atom stereocenters. The summed E-state index contributed by atoms with van der Waals surface area (Å²) in [4.78, 5) is 4.42. The van der Waals surface area contributed by atoms with Crippen LogP contribution in [0.2, 0.25) is 0 Å². The molecule has 138 valence electrons. The van der Waals surface area contributed by atoms with Crippen LogP contribution in [0.5, 0.6) is 0 Å². The van der Waals surface area contributed by atoms with Crippen molar-refractivity contribution >= 4 is 23.1 Å². The number of aryl methyl sites for hydroxylation is 1. The van der Waals surface area contributed by atoms with Gasteiger partial charge in [-0.25, -0.2) is 4.98 Å². The molecule has 0 N–H and O–H groups in total. The molecular weight excluding hydrogens is 388 g/mol. The van der Waals surface area contributed by atoms with Gasteiger partial charge in [0.15, 0.2) is 0 Å². The van der Waals surface area contributed by atoms with Gasteiger partial charge in [-0.1, -0.05) is 54.2 Å². The molecule has 5 nitrogen and oxygen atoms in total. The highest BCUT2D eigenvalue weighted by atomic mass is 32.2. The van der Waals surface area contributed by atoms with Gasteiger partial charge in [-0.2, -0.15) is 5.26 Å². The Balaban J connectivity index is 1.38. The SMILES string of the molecule is Cc1nc(Cc2nnc(SCc3ccc(-c4ccccc4C#N)cc3)o2)cs1. The number of thioether (sulfide) groups is 1. The van der Waals surface area contributed by atoms with Crippen molar-refractivity contribution in [3.8, 4) is 17.2 Å². The van der Waals surface area contributed by atoms with E-state index in [4.69, 9.17) is 4.42 Å². The Bertz CT molecular complexity index is 1130. The third kappa shape index (κ3) is 4.30. The van der Waals surface area contributed by atoms with Crippen molar-refractivity contribution in [3.05, 3.63) is 81.6 Å². The largest absolute Gasteiger partial charge is 0.416 e. The lowest BCUT2D eigenvalue weighted by molar-refractivity contribution is 0.419. The number of aromatic nitrogens is 3. The standard InChI is InChI=1S/C21H16N4OS2/c1-14-23-18(13-27-14)10-20-24-25-21(26-20)28-12-15-6-8-16(9-7-15)19-5-3-2-4-17(19)11-22/h2-9,13H,10,12H2,1H3. The topological polar surface area (TPSA) is 75.6 Å². The minimum Gasteiger partial charge on any atom is -0.416 e. The number of nitriles is 1. The highest BCUT2D eigenvalue weighted by Crippen LogP contribution is 2.26.